The van der Waals surface area contributed by atoms with Crippen molar-refractivity contribution in [1.82, 2.24) is 15.1 Å². The van der Waals surface area contributed by atoms with Crippen molar-refractivity contribution in [2.75, 3.05) is 27.7 Å². The van der Waals surface area contributed by atoms with Gasteiger partial charge in [0.25, 0.3) is 0 Å². The fourth-order valence-corrected chi connectivity index (χ4v) is 5.72. The van der Waals surface area contributed by atoms with Crippen molar-refractivity contribution in [3.05, 3.63) is 114 Å². The number of nitrogens with one attached hydrogen (secondary N) is 1. The lowest BCUT2D eigenvalue weighted by Gasteiger charge is -2.30. The van der Waals surface area contributed by atoms with Gasteiger partial charge in [-0.1, -0.05) is 101 Å². The molecule has 1 atom stereocenters. The molecule has 0 fully saturated rings. The van der Waals surface area contributed by atoms with E-state index in [0.29, 0.717) is 0 Å². The first-order valence-electron chi connectivity index (χ1n) is 16.2. The Morgan fingerprint density at radius 1 is 0.857 bits per heavy atom. The fourth-order valence-electron chi connectivity index (χ4n) is 5.72. The van der Waals surface area contributed by atoms with Crippen LogP contribution in [0.5, 0.6) is 0 Å². The molecule has 0 heterocycles. The molecular weight excluding hydrogens is 510 g/mol. The minimum absolute atomic E-state index is 0.270. The predicted molar refractivity (Wildman–Crippen MR) is 187 cm³/mol. The zero-order valence-corrected chi connectivity index (χ0v) is 27.6. The third-order valence-electron chi connectivity index (χ3n) is 8.58. The number of hydrogen-bond acceptors (Lipinski definition) is 3. The molecule has 0 saturated carbocycles. The van der Waals surface area contributed by atoms with E-state index < -0.39 is 0 Å². The van der Waals surface area contributed by atoms with Crippen LogP contribution in [0.1, 0.15) is 92.2 Å². The Labute approximate surface area is 259 Å². The summed E-state index contributed by atoms with van der Waals surface area (Å²) in [4.78, 5) is 4.75. The van der Waals surface area contributed by atoms with Crippen LogP contribution in [0, 0.1) is 0 Å². The molecule has 1 unspecified atom stereocenters. The van der Waals surface area contributed by atoms with Gasteiger partial charge in [0.1, 0.15) is 0 Å². The molecule has 0 saturated heterocycles. The predicted octanol–water partition coefficient (Wildman–Crippen LogP) is 9.14. The van der Waals surface area contributed by atoms with Gasteiger partial charge in [0, 0.05) is 51.0 Å². The quantitative estimate of drug-likeness (QED) is 0.113. The summed E-state index contributed by atoms with van der Waals surface area (Å²) in [5, 5.41) is 3.26. The number of aryl methyl sites for hydroxylation is 3. The third-order valence-corrected chi connectivity index (χ3v) is 8.58. The highest BCUT2D eigenvalue weighted by molar-refractivity contribution is 5.53. The standard InChI is InChI=1S/C39H59N3/c1-10-14-21-39(32(6)40-7)42(9)30-38-29-35(22-23-37(38)13-4)20-18-16-15-17-19-24-41(8)31(5)25-36-27-33(11-2)26-34(12-3)28-36/h10,13,22-23,26-29,39-40H,1,4-6,11-12,14-21,24-25,30H2,2-3,7-9H3. The topological polar surface area (TPSA) is 18.5 Å². The van der Waals surface area contributed by atoms with Crippen molar-refractivity contribution in [2.45, 2.75) is 97.1 Å². The van der Waals surface area contributed by atoms with E-state index in [1.165, 1.54) is 71.2 Å². The summed E-state index contributed by atoms with van der Waals surface area (Å²) in [7, 11) is 6.34. The monoisotopic (exact) mass is 569 g/mol. The van der Waals surface area contributed by atoms with Gasteiger partial charge in [0.2, 0.25) is 0 Å². The summed E-state index contributed by atoms with van der Waals surface area (Å²) in [6, 6.07) is 14.2. The van der Waals surface area contributed by atoms with Gasteiger partial charge in [0.15, 0.2) is 0 Å². The van der Waals surface area contributed by atoms with Crippen LogP contribution >= 0.6 is 0 Å². The van der Waals surface area contributed by atoms with E-state index in [0.717, 1.165) is 57.3 Å². The van der Waals surface area contributed by atoms with Gasteiger partial charge in [-0.05, 0) is 85.4 Å². The molecule has 0 bridgehead atoms. The van der Waals surface area contributed by atoms with E-state index in [2.05, 4.69) is 106 Å². The maximum Gasteiger partial charge on any atom is 0.0492 e. The maximum absolute atomic E-state index is 4.40. The van der Waals surface area contributed by atoms with Gasteiger partial charge >= 0.3 is 0 Å². The first-order chi connectivity index (χ1) is 20.3. The van der Waals surface area contributed by atoms with Gasteiger partial charge in [0.05, 0.1) is 0 Å². The van der Waals surface area contributed by atoms with E-state index in [1.54, 1.807) is 0 Å². The summed E-state index contributed by atoms with van der Waals surface area (Å²) in [5.41, 5.74) is 10.5. The molecule has 0 radical (unpaired) electrons. The zero-order chi connectivity index (χ0) is 30.9. The smallest absolute Gasteiger partial charge is 0.0492 e. The van der Waals surface area contributed by atoms with E-state index in [-0.39, 0.29) is 6.04 Å². The number of likely N-dealkylation sites (N-methyl/N-ethyl adjacent to an activating group) is 3. The molecule has 3 nitrogen and oxygen atoms in total. The Hall–Kier alpha value is -3.04. The molecule has 0 aliphatic rings. The van der Waals surface area contributed by atoms with Gasteiger partial charge in [-0.15, -0.1) is 6.58 Å². The SMILES string of the molecule is C=CCCC(C(=C)NC)N(C)Cc1cc(CCCCCCCN(C)C(=C)Cc2cc(CC)cc(CC)c2)ccc1C=C. The minimum atomic E-state index is 0.270. The second kappa shape index (κ2) is 19.2. The van der Waals surface area contributed by atoms with Crippen LogP contribution in [0.25, 0.3) is 6.08 Å². The van der Waals surface area contributed by atoms with Crippen LogP contribution in [-0.2, 0) is 32.2 Å². The summed E-state index contributed by atoms with van der Waals surface area (Å²) in [6.45, 7) is 23.1. The molecule has 0 aliphatic heterocycles. The number of hydrogen-bond donors (Lipinski definition) is 1. The molecule has 0 amide bonds. The molecule has 42 heavy (non-hydrogen) atoms. The number of rotatable bonds is 22. The molecule has 0 spiro atoms. The molecular formula is C39H59N3. The van der Waals surface area contributed by atoms with Crippen LogP contribution in [0.2, 0.25) is 0 Å². The van der Waals surface area contributed by atoms with Crippen molar-refractivity contribution < 1.29 is 0 Å². The third kappa shape index (κ3) is 11.7. The number of allylic oxidation sites excluding steroid dienone is 2. The Bertz CT molecular complexity index is 1120. The lowest BCUT2D eigenvalue weighted by Crippen LogP contribution is -2.36. The highest BCUT2D eigenvalue weighted by Gasteiger charge is 2.18. The average Bonchev–Trinajstić information content (AvgIpc) is 3.00. The van der Waals surface area contributed by atoms with Gasteiger partial charge in [-0.3, -0.25) is 4.90 Å². The molecule has 1 N–H and O–H groups in total. The molecule has 3 heteroatoms. The second-order valence-corrected chi connectivity index (χ2v) is 11.9. The maximum atomic E-state index is 4.40. The van der Waals surface area contributed by atoms with Gasteiger partial charge < -0.3 is 10.2 Å². The van der Waals surface area contributed by atoms with E-state index in [4.69, 9.17) is 0 Å². The van der Waals surface area contributed by atoms with Crippen LogP contribution in [0.3, 0.4) is 0 Å². The van der Waals surface area contributed by atoms with Crippen molar-refractivity contribution in [3.63, 3.8) is 0 Å². The normalized spacial score (nSPS) is 11.8. The van der Waals surface area contributed by atoms with Crippen LogP contribution in [-0.4, -0.2) is 43.5 Å². The largest absolute Gasteiger partial charge is 0.391 e. The summed E-state index contributed by atoms with van der Waals surface area (Å²) in [6.07, 6.45) is 16.5. The van der Waals surface area contributed by atoms with Crippen LogP contribution in [0.15, 0.2) is 80.2 Å². The van der Waals surface area contributed by atoms with Crippen molar-refractivity contribution in [3.8, 4) is 0 Å². The molecule has 2 aromatic carbocycles. The number of unbranched alkanes of at least 4 members (excludes halogenated alkanes) is 4. The fraction of sp³-hybridized carbons (Fsp3) is 0.487. The minimum Gasteiger partial charge on any atom is -0.391 e. The van der Waals surface area contributed by atoms with Crippen LogP contribution in [0.4, 0.5) is 0 Å². The molecule has 2 aromatic rings. The second-order valence-electron chi connectivity index (χ2n) is 11.9. The first-order valence-corrected chi connectivity index (χ1v) is 16.2. The highest BCUT2D eigenvalue weighted by atomic mass is 15.1. The Balaban J connectivity index is 1.78. The molecule has 0 aromatic heterocycles. The van der Waals surface area contributed by atoms with Gasteiger partial charge in [-0.25, -0.2) is 0 Å². The molecule has 2 rings (SSSR count). The number of nitrogens with zero attached hydrogens (tertiary/aromatic N) is 2. The van der Waals surface area contributed by atoms with E-state index in [1.807, 2.05) is 19.2 Å². The van der Waals surface area contributed by atoms with E-state index >= 15 is 0 Å². The Kier molecular flexibility index (Phi) is 16.1. The average molecular weight is 570 g/mol. The molecule has 0 aliphatic carbocycles. The Morgan fingerprint density at radius 3 is 2.12 bits per heavy atom. The summed E-state index contributed by atoms with van der Waals surface area (Å²) >= 11 is 0. The lowest BCUT2D eigenvalue weighted by molar-refractivity contribution is 0.246. The van der Waals surface area contributed by atoms with Gasteiger partial charge in [-0.2, -0.15) is 0 Å². The van der Waals surface area contributed by atoms with Crippen molar-refractivity contribution >= 4 is 6.08 Å². The lowest BCUT2D eigenvalue weighted by atomic mass is 9.98. The van der Waals surface area contributed by atoms with Crippen molar-refractivity contribution in [1.29, 1.82) is 0 Å². The number of benzene rings is 2. The zero-order valence-electron chi connectivity index (χ0n) is 27.6. The summed E-state index contributed by atoms with van der Waals surface area (Å²) < 4.78 is 0. The Morgan fingerprint density at radius 2 is 1.50 bits per heavy atom. The van der Waals surface area contributed by atoms with Crippen molar-refractivity contribution in [2.24, 2.45) is 0 Å². The van der Waals surface area contributed by atoms with Crippen LogP contribution < -0.4 is 5.32 Å². The highest BCUT2D eigenvalue weighted by Crippen LogP contribution is 2.22. The molecule has 230 valence electrons. The summed E-state index contributed by atoms with van der Waals surface area (Å²) in [5.74, 6) is 0. The first kappa shape index (κ1) is 35.2. The van der Waals surface area contributed by atoms with E-state index in [9.17, 15) is 0 Å².